The lowest BCUT2D eigenvalue weighted by Gasteiger charge is -2.04. The van der Waals surface area contributed by atoms with Crippen LogP contribution in [0.2, 0.25) is 0 Å². The first kappa shape index (κ1) is 10.1. The van der Waals surface area contributed by atoms with E-state index >= 15 is 0 Å². The summed E-state index contributed by atoms with van der Waals surface area (Å²) in [4.78, 5) is 0. The van der Waals surface area contributed by atoms with Crippen molar-refractivity contribution < 1.29 is 5.11 Å². The normalized spacial score (nSPS) is 10.0. The lowest BCUT2D eigenvalue weighted by atomic mass is 10.1. The maximum absolute atomic E-state index is 8.65. The fraction of sp³-hybridized carbons (Fsp3) is 0.455. The van der Waals surface area contributed by atoms with Gasteiger partial charge in [-0.15, -0.1) is 0 Å². The Morgan fingerprint density at radius 3 is 2.46 bits per heavy atom. The smallest absolute Gasteiger partial charge is 0.0434 e. The van der Waals surface area contributed by atoms with Crippen molar-refractivity contribution in [1.82, 2.24) is 0 Å². The van der Waals surface area contributed by atoms with E-state index in [0.717, 1.165) is 25.1 Å². The number of hydrogen-bond donors (Lipinski definition) is 2. The Balaban J connectivity index is 2.48. The molecule has 72 valence electrons. The van der Waals surface area contributed by atoms with E-state index in [1.807, 2.05) is 0 Å². The zero-order valence-electron chi connectivity index (χ0n) is 8.09. The molecule has 0 radical (unpaired) electrons. The summed E-state index contributed by atoms with van der Waals surface area (Å²) < 4.78 is 0. The van der Waals surface area contributed by atoms with Crippen LogP contribution in [0.25, 0.3) is 0 Å². The summed E-state index contributed by atoms with van der Waals surface area (Å²) in [5.41, 5.74) is 2.45. The quantitative estimate of drug-likeness (QED) is 0.725. The van der Waals surface area contributed by atoms with Gasteiger partial charge >= 0.3 is 0 Å². The van der Waals surface area contributed by atoms with E-state index in [4.69, 9.17) is 5.11 Å². The first-order chi connectivity index (χ1) is 6.36. The van der Waals surface area contributed by atoms with E-state index in [-0.39, 0.29) is 6.61 Å². The standard InChI is InChI=1S/C11H17NO/c1-2-12-11-7-5-10(6-8-11)4-3-9-13/h5-8,12-13H,2-4,9H2,1H3. The SMILES string of the molecule is CCNc1ccc(CCCO)cc1. The highest BCUT2D eigenvalue weighted by Crippen LogP contribution is 2.10. The summed E-state index contributed by atoms with van der Waals surface area (Å²) in [6, 6.07) is 8.37. The van der Waals surface area contributed by atoms with Gasteiger partial charge in [0.25, 0.3) is 0 Å². The van der Waals surface area contributed by atoms with E-state index in [0.29, 0.717) is 0 Å². The molecule has 0 amide bonds. The zero-order chi connectivity index (χ0) is 9.52. The number of aliphatic hydroxyl groups is 1. The molecular formula is C11H17NO. The van der Waals surface area contributed by atoms with Crippen LogP contribution < -0.4 is 5.32 Å². The lowest BCUT2D eigenvalue weighted by molar-refractivity contribution is 0.288. The second-order valence-electron chi connectivity index (χ2n) is 3.05. The largest absolute Gasteiger partial charge is 0.396 e. The predicted octanol–water partition coefficient (Wildman–Crippen LogP) is 2.04. The molecule has 1 aromatic carbocycles. The highest BCUT2D eigenvalue weighted by molar-refractivity contribution is 5.44. The van der Waals surface area contributed by atoms with Crippen molar-refractivity contribution in [2.75, 3.05) is 18.5 Å². The monoisotopic (exact) mass is 179 g/mol. The molecule has 13 heavy (non-hydrogen) atoms. The molecule has 1 aromatic rings. The second kappa shape index (κ2) is 5.60. The van der Waals surface area contributed by atoms with Gasteiger partial charge in [-0.3, -0.25) is 0 Å². The van der Waals surface area contributed by atoms with Gasteiger partial charge < -0.3 is 10.4 Å². The van der Waals surface area contributed by atoms with Crippen LogP contribution in [-0.2, 0) is 6.42 Å². The fourth-order valence-corrected chi connectivity index (χ4v) is 1.28. The highest BCUT2D eigenvalue weighted by atomic mass is 16.2. The minimum Gasteiger partial charge on any atom is -0.396 e. The van der Waals surface area contributed by atoms with Gasteiger partial charge in [-0.2, -0.15) is 0 Å². The van der Waals surface area contributed by atoms with Gasteiger partial charge in [-0.25, -0.2) is 0 Å². The summed E-state index contributed by atoms with van der Waals surface area (Å²) >= 11 is 0. The van der Waals surface area contributed by atoms with Gasteiger partial charge in [0.2, 0.25) is 0 Å². The predicted molar refractivity (Wildman–Crippen MR) is 56.0 cm³/mol. The third-order valence-corrected chi connectivity index (χ3v) is 1.96. The maximum atomic E-state index is 8.65. The van der Waals surface area contributed by atoms with Crippen LogP contribution in [0.15, 0.2) is 24.3 Å². The number of aliphatic hydroxyl groups excluding tert-OH is 1. The van der Waals surface area contributed by atoms with E-state index in [2.05, 4.69) is 36.5 Å². The van der Waals surface area contributed by atoms with Crippen molar-refractivity contribution in [3.05, 3.63) is 29.8 Å². The maximum Gasteiger partial charge on any atom is 0.0434 e. The molecule has 0 aliphatic carbocycles. The Morgan fingerprint density at radius 1 is 1.23 bits per heavy atom. The minimum absolute atomic E-state index is 0.273. The number of anilines is 1. The molecule has 2 N–H and O–H groups in total. The van der Waals surface area contributed by atoms with Crippen molar-refractivity contribution in [3.63, 3.8) is 0 Å². The minimum atomic E-state index is 0.273. The molecule has 0 bridgehead atoms. The third-order valence-electron chi connectivity index (χ3n) is 1.96. The van der Waals surface area contributed by atoms with Crippen LogP contribution in [0.4, 0.5) is 5.69 Å². The van der Waals surface area contributed by atoms with Crippen LogP contribution in [0, 0.1) is 0 Å². The fourth-order valence-electron chi connectivity index (χ4n) is 1.28. The highest BCUT2D eigenvalue weighted by Gasteiger charge is 1.92. The average Bonchev–Trinajstić information content (AvgIpc) is 2.17. The number of benzene rings is 1. The summed E-state index contributed by atoms with van der Waals surface area (Å²) in [6.45, 7) is 3.31. The van der Waals surface area contributed by atoms with Gasteiger partial charge in [0.1, 0.15) is 0 Å². The summed E-state index contributed by atoms with van der Waals surface area (Å²) in [7, 11) is 0. The molecular weight excluding hydrogens is 162 g/mol. The molecule has 0 unspecified atom stereocenters. The number of rotatable bonds is 5. The molecule has 0 aliphatic rings. The molecule has 0 saturated heterocycles. The molecule has 0 saturated carbocycles. The van der Waals surface area contributed by atoms with Crippen LogP contribution in [0.5, 0.6) is 0 Å². The van der Waals surface area contributed by atoms with E-state index < -0.39 is 0 Å². The molecule has 0 aliphatic heterocycles. The van der Waals surface area contributed by atoms with Gasteiger partial charge in [-0.1, -0.05) is 12.1 Å². The van der Waals surface area contributed by atoms with Crippen molar-refractivity contribution in [3.8, 4) is 0 Å². The van der Waals surface area contributed by atoms with Crippen LogP contribution >= 0.6 is 0 Å². The average molecular weight is 179 g/mol. The Labute approximate surface area is 79.6 Å². The number of aryl methyl sites for hydroxylation is 1. The Kier molecular flexibility index (Phi) is 4.33. The Hall–Kier alpha value is -1.02. The van der Waals surface area contributed by atoms with E-state index in [9.17, 15) is 0 Å². The first-order valence-corrected chi connectivity index (χ1v) is 4.80. The van der Waals surface area contributed by atoms with E-state index in [1.54, 1.807) is 0 Å². The van der Waals surface area contributed by atoms with Gasteiger partial charge in [-0.05, 0) is 37.5 Å². The summed E-state index contributed by atoms with van der Waals surface area (Å²) in [6.07, 6.45) is 1.81. The lowest BCUT2D eigenvalue weighted by Crippen LogP contribution is -1.96. The number of nitrogens with one attached hydrogen (secondary N) is 1. The Bertz CT molecular complexity index is 230. The van der Waals surface area contributed by atoms with Crippen LogP contribution in [0.3, 0.4) is 0 Å². The van der Waals surface area contributed by atoms with Gasteiger partial charge in [0, 0.05) is 18.8 Å². The Morgan fingerprint density at radius 2 is 1.92 bits per heavy atom. The van der Waals surface area contributed by atoms with Crippen LogP contribution in [0.1, 0.15) is 18.9 Å². The molecule has 2 nitrogen and oxygen atoms in total. The topological polar surface area (TPSA) is 32.3 Å². The van der Waals surface area contributed by atoms with Crippen molar-refractivity contribution in [2.24, 2.45) is 0 Å². The zero-order valence-corrected chi connectivity index (χ0v) is 8.09. The molecule has 0 spiro atoms. The summed E-state index contributed by atoms with van der Waals surface area (Å²) in [5.74, 6) is 0. The van der Waals surface area contributed by atoms with Crippen molar-refractivity contribution in [2.45, 2.75) is 19.8 Å². The van der Waals surface area contributed by atoms with Gasteiger partial charge in [0.05, 0.1) is 0 Å². The van der Waals surface area contributed by atoms with E-state index in [1.165, 1.54) is 5.56 Å². The molecule has 2 heteroatoms. The molecule has 1 rings (SSSR count). The molecule has 0 aromatic heterocycles. The van der Waals surface area contributed by atoms with Crippen LogP contribution in [-0.4, -0.2) is 18.3 Å². The molecule has 0 atom stereocenters. The van der Waals surface area contributed by atoms with Gasteiger partial charge in [0.15, 0.2) is 0 Å². The molecule has 0 heterocycles. The first-order valence-electron chi connectivity index (χ1n) is 4.80. The van der Waals surface area contributed by atoms with Crippen molar-refractivity contribution in [1.29, 1.82) is 0 Å². The number of hydrogen-bond acceptors (Lipinski definition) is 2. The molecule has 0 fully saturated rings. The second-order valence-corrected chi connectivity index (χ2v) is 3.05. The summed E-state index contributed by atoms with van der Waals surface area (Å²) in [5, 5.41) is 11.9. The van der Waals surface area contributed by atoms with Crippen molar-refractivity contribution >= 4 is 5.69 Å². The third kappa shape index (κ3) is 3.47.